The molecule has 0 unspecified atom stereocenters. The molecule has 30 heavy (non-hydrogen) atoms. The highest BCUT2D eigenvalue weighted by atomic mass is 19.2. The number of rotatable bonds is 2. The van der Waals surface area contributed by atoms with Crippen molar-refractivity contribution in [3.8, 4) is 22.3 Å². The lowest BCUT2D eigenvalue weighted by Crippen LogP contribution is -1.94. The normalized spacial score (nSPS) is 11.3. The van der Waals surface area contributed by atoms with Gasteiger partial charge in [0, 0.05) is 17.2 Å². The van der Waals surface area contributed by atoms with E-state index in [4.69, 9.17) is 0 Å². The molecule has 0 aliphatic rings. The first kappa shape index (κ1) is 18.4. The largest absolute Gasteiger partial charge is 0.207 e. The molecule has 0 bridgehead atoms. The van der Waals surface area contributed by atoms with Crippen molar-refractivity contribution in [2.75, 3.05) is 0 Å². The lowest BCUT2D eigenvalue weighted by atomic mass is 9.86. The van der Waals surface area contributed by atoms with Gasteiger partial charge in [0.15, 0.2) is 11.6 Å². The predicted octanol–water partition coefficient (Wildman–Crippen LogP) is 7.88. The lowest BCUT2D eigenvalue weighted by molar-refractivity contribution is 0.509. The van der Waals surface area contributed by atoms with E-state index in [0.29, 0.717) is 11.1 Å². The van der Waals surface area contributed by atoms with Gasteiger partial charge in [-0.3, -0.25) is 0 Å². The van der Waals surface area contributed by atoms with E-state index in [1.54, 1.807) is 0 Å². The lowest BCUT2D eigenvalue weighted by Gasteiger charge is -2.18. The summed E-state index contributed by atoms with van der Waals surface area (Å²) >= 11 is 0. The zero-order chi connectivity index (χ0) is 20.8. The van der Waals surface area contributed by atoms with Crippen LogP contribution in [0.1, 0.15) is 0 Å². The molecule has 0 aliphatic heterocycles. The van der Waals surface area contributed by atoms with Crippen LogP contribution in [0.4, 0.5) is 17.6 Å². The molecule has 0 fully saturated rings. The molecular weight excluding hydrogens is 388 g/mol. The minimum absolute atomic E-state index is 0.278. The highest BCUT2D eigenvalue weighted by Crippen LogP contribution is 2.44. The Morgan fingerprint density at radius 2 is 1.00 bits per heavy atom. The maximum absolute atomic E-state index is 14.8. The predicted molar refractivity (Wildman–Crippen MR) is 112 cm³/mol. The van der Waals surface area contributed by atoms with Crippen molar-refractivity contribution >= 4 is 21.5 Å². The smallest absolute Gasteiger partial charge is 0.159 e. The molecule has 0 N–H and O–H groups in total. The first-order valence-electron chi connectivity index (χ1n) is 9.39. The summed E-state index contributed by atoms with van der Waals surface area (Å²) < 4.78 is 55.9. The van der Waals surface area contributed by atoms with Gasteiger partial charge in [-0.05, 0) is 56.9 Å². The van der Waals surface area contributed by atoms with Gasteiger partial charge in [-0.2, -0.15) is 0 Å². The summed E-state index contributed by atoms with van der Waals surface area (Å²) in [5, 5.41) is 3.00. The minimum Gasteiger partial charge on any atom is -0.207 e. The average Bonchev–Trinajstić information content (AvgIpc) is 2.75. The van der Waals surface area contributed by atoms with Crippen LogP contribution in [-0.4, -0.2) is 0 Å². The molecule has 0 spiro atoms. The van der Waals surface area contributed by atoms with E-state index in [-0.39, 0.29) is 5.56 Å². The Morgan fingerprint density at radius 3 is 1.53 bits per heavy atom. The summed E-state index contributed by atoms with van der Waals surface area (Å²) in [6, 6.07) is 22.1. The zero-order valence-electron chi connectivity index (χ0n) is 15.6. The van der Waals surface area contributed by atoms with E-state index in [1.165, 1.54) is 24.3 Å². The SMILES string of the molecule is Fc1ccc(-c2c3ccccc3c(-c3ccc(F)c(F)c3)c3ccccc23)c(F)c1. The molecule has 0 heterocycles. The minimum atomic E-state index is -0.936. The van der Waals surface area contributed by atoms with Crippen LogP contribution in [0.5, 0.6) is 0 Å². The van der Waals surface area contributed by atoms with Crippen molar-refractivity contribution < 1.29 is 17.6 Å². The number of halogens is 4. The molecule has 0 atom stereocenters. The Hall–Kier alpha value is -3.66. The van der Waals surface area contributed by atoms with E-state index in [2.05, 4.69) is 0 Å². The Bertz CT molecular complexity index is 1380. The molecule has 4 heteroatoms. The third-order valence-corrected chi connectivity index (χ3v) is 5.34. The molecule has 5 aromatic rings. The number of fused-ring (bicyclic) bond motifs is 2. The average molecular weight is 402 g/mol. The fourth-order valence-corrected chi connectivity index (χ4v) is 4.07. The highest BCUT2D eigenvalue weighted by Gasteiger charge is 2.19. The fourth-order valence-electron chi connectivity index (χ4n) is 4.07. The summed E-state index contributed by atoms with van der Waals surface area (Å²) in [6.07, 6.45) is 0. The quantitative estimate of drug-likeness (QED) is 0.208. The van der Waals surface area contributed by atoms with Crippen molar-refractivity contribution in [2.24, 2.45) is 0 Å². The molecule has 0 saturated heterocycles. The summed E-state index contributed by atoms with van der Waals surface area (Å²) in [4.78, 5) is 0. The maximum atomic E-state index is 14.8. The van der Waals surface area contributed by atoms with Crippen molar-refractivity contribution in [2.45, 2.75) is 0 Å². The van der Waals surface area contributed by atoms with Gasteiger partial charge in [-0.1, -0.05) is 54.6 Å². The number of hydrogen-bond acceptors (Lipinski definition) is 0. The van der Waals surface area contributed by atoms with Crippen molar-refractivity contribution in [3.63, 3.8) is 0 Å². The van der Waals surface area contributed by atoms with Crippen LogP contribution < -0.4 is 0 Å². The van der Waals surface area contributed by atoms with E-state index in [1.807, 2.05) is 48.5 Å². The summed E-state index contributed by atoms with van der Waals surface area (Å²) in [6.45, 7) is 0. The van der Waals surface area contributed by atoms with Crippen LogP contribution in [0.3, 0.4) is 0 Å². The van der Waals surface area contributed by atoms with Gasteiger partial charge in [0.2, 0.25) is 0 Å². The van der Waals surface area contributed by atoms with Crippen molar-refractivity contribution in [1.82, 2.24) is 0 Å². The third kappa shape index (κ3) is 2.84. The van der Waals surface area contributed by atoms with Gasteiger partial charge >= 0.3 is 0 Å². The van der Waals surface area contributed by atoms with Crippen LogP contribution in [0.15, 0.2) is 84.9 Å². The van der Waals surface area contributed by atoms with Gasteiger partial charge in [0.05, 0.1) is 0 Å². The zero-order valence-corrected chi connectivity index (χ0v) is 15.6. The molecule has 5 rings (SSSR count). The van der Waals surface area contributed by atoms with Crippen LogP contribution in [0, 0.1) is 23.3 Å². The second-order valence-corrected chi connectivity index (χ2v) is 7.09. The highest BCUT2D eigenvalue weighted by molar-refractivity contribution is 6.21. The molecular formula is C26H14F4. The number of benzene rings is 5. The molecule has 0 aromatic heterocycles. The van der Waals surface area contributed by atoms with Crippen molar-refractivity contribution in [3.05, 3.63) is 108 Å². The van der Waals surface area contributed by atoms with Crippen LogP contribution in [0.25, 0.3) is 43.8 Å². The second-order valence-electron chi connectivity index (χ2n) is 7.09. The molecule has 0 saturated carbocycles. The molecule has 5 aromatic carbocycles. The van der Waals surface area contributed by atoms with Crippen LogP contribution in [-0.2, 0) is 0 Å². The fraction of sp³-hybridized carbons (Fsp3) is 0. The molecule has 0 aliphatic carbocycles. The van der Waals surface area contributed by atoms with Gasteiger partial charge in [-0.25, -0.2) is 17.6 Å². The van der Waals surface area contributed by atoms with Crippen LogP contribution >= 0.6 is 0 Å². The Kier molecular flexibility index (Phi) is 4.28. The van der Waals surface area contributed by atoms with Gasteiger partial charge in [-0.15, -0.1) is 0 Å². The topological polar surface area (TPSA) is 0 Å². The standard InChI is InChI=1S/C26H14F4/c27-16-10-11-21(23(29)14-16)26-19-7-3-1-5-17(19)25(18-6-2-4-8-20(18)26)15-9-12-22(28)24(30)13-15/h1-14H. The van der Waals surface area contributed by atoms with E-state index < -0.39 is 23.3 Å². The molecule has 0 radical (unpaired) electrons. The third-order valence-electron chi connectivity index (χ3n) is 5.34. The van der Waals surface area contributed by atoms with Gasteiger partial charge in [0.25, 0.3) is 0 Å². The summed E-state index contributed by atoms with van der Waals surface area (Å²) in [5.74, 6) is -3.17. The Morgan fingerprint density at radius 1 is 0.433 bits per heavy atom. The van der Waals surface area contributed by atoms with Gasteiger partial charge in [0.1, 0.15) is 11.6 Å². The second kappa shape index (κ2) is 6.99. The molecule has 0 nitrogen and oxygen atoms in total. The Labute approximate surface area is 170 Å². The molecule has 146 valence electrons. The molecule has 0 amide bonds. The van der Waals surface area contributed by atoms with Crippen molar-refractivity contribution in [1.29, 1.82) is 0 Å². The summed E-state index contributed by atoms with van der Waals surface area (Å²) in [5.41, 5.74) is 2.16. The monoisotopic (exact) mass is 402 g/mol. The first-order chi connectivity index (χ1) is 14.5. The van der Waals surface area contributed by atoms with Gasteiger partial charge < -0.3 is 0 Å². The Balaban J connectivity index is 1.98. The van der Waals surface area contributed by atoms with E-state index in [9.17, 15) is 17.6 Å². The van der Waals surface area contributed by atoms with Crippen LogP contribution in [0.2, 0.25) is 0 Å². The number of hydrogen-bond donors (Lipinski definition) is 0. The maximum Gasteiger partial charge on any atom is 0.159 e. The summed E-state index contributed by atoms with van der Waals surface area (Å²) in [7, 11) is 0. The van der Waals surface area contributed by atoms with E-state index in [0.717, 1.165) is 39.2 Å². The first-order valence-corrected chi connectivity index (χ1v) is 9.39. The van der Waals surface area contributed by atoms with E-state index >= 15 is 0 Å².